The summed E-state index contributed by atoms with van der Waals surface area (Å²) >= 11 is 0. The molecule has 1 aromatic carbocycles. The minimum atomic E-state index is -0.520. The van der Waals surface area contributed by atoms with Crippen LogP contribution in [0.1, 0.15) is 44.8 Å². The lowest BCUT2D eigenvalue weighted by Gasteiger charge is -2.24. The van der Waals surface area contributed by atoms with Crippen molar-refractivity contribution in [2.45, 2.75) is 44.8 Å². The molecule has 3 nitrogen and oxygen atoms in total. The summed E-state index contributed by atoms with van der Waals surface area (Å²) in [6.07, 6.45) is 2.29. The Labute approximate surface area is 109 Å². The number of benzene rings is 1. The largest absolute Gasteiger partial charge is 0.390 e. The Hall–Kier alpha value is -1.06. The van der Waals surface area contributed by atoms with Gasteiger partial charge in [-0.1, -0.05) is 12.1 Å². The average Bonchev–Trinajstić information content (AvgIpc) is 2.50. The molecule has 1 aromatic rings. The van der Waals surface area contributed by atoms with E-state index < -0.39 is 11.7 Å². The molecule has 18 heavy (non-hydrogen) atoms. The fraction of sp³-hybridized carbons (Fsp3) is 0.600. The molecule has 1 heterocycles. The van der Waals surface area contributed by atoms with E-state index >= 15 is 0 Å². The summed E-state index contributed by atoms with van der Waals surface area (Å²) in [7, 11) is 0. The normalized spacial score (nSPS) is 26.8. The third kappa shape index (κ3) is 3.24. The molecule has 1 aliphatic rings. The summed E-state index contributed by atoms with van der Waals surface area (Å²) in [4.78, 5) is 2.31. The summed E-state index contributed by atoms with van der Waals surface area (Å²) < 4.78 is 0. The number of aliphatic hydroxyl groups excluding tert-OH is 1. The van der Waals surface area contributed by atoms with Gasteiger partial charge in [-0.15, -0.1) is 0 Å². The van der Waals surface area contributed by atoms with Crippen LogP contribution < -0.4 is 4.90 Å². The van der Waals surface area contributed by atoms with Gasteiger partial charge in [0.2, 0.25) is 0 Å². The van der Waals surface area contributed by atoms with Crippen molar-refractivity contribution in [1.82, 2.24) is 0 Å². The predicted octanol–water partition coefficient (Wildman–Crippen LogP) is 2.48. The van der Waals surface area contributed by atoms with Crippen LogP contribution in [0, 0.1) is 0 Å². The smallest absolute Gasteiger partial charge is 0.0761 e. The molecule has 1 saturated heterocycles. The van der Waals surface area contributed by atoms with Crippen LogP contribution in [0.5, 0.6) is 0 Å². The summed E-state index contributed by atoms with van der Waals surface area (Å²) in [6.45, 7) is 5.58. The molecule has 1 fully saturated rings. The van der Waals surface area contributed by atoms with Crippen molar-refractivity contribution in [1.29, 1.82) is 0 Å². The van der Waals surface area contributed by atoms with E-state index in [0.717, 1.165) is 37.9 Å². The quantitative estimate of drug-likeness (QED) is 0.846. The standard InChI is InChI=1S/C15H23NO2/c1-12(17)13-4-6-14(7-5-13)16-10-3-8-15(2,18)9-11-16/h4-7,12,17-18H,3,8-11H2,1-2H3. The maximum atomic E-state index is 10.1. The van der Waals surface area contributed by atoms with E-state index in [9.17, 15) is 10.2 Å². The Balaban J connectivity index is 2.07. The Morgan fingerprint density at radius 1 is 1.17 bits per heavy atom. The topological polar surface area (TPSA) is 43.7 Å². The van der Waals surface area contributed by atoms with E-state index in [-0.39, 0.29) is 0 Å². The highest BCUT2D eigenvalue weighted by Gasteiger charge is 2.24. The molecule has 0 spiro atoms. The lowest BCUT2D eigenvalue weighted by molar-refractivity contribution is 0.0481. The number of rotatable bonds is 2. The van der Waals surface area contributed by atoms with E-state index in [1.54, 1.807) is 6.92 Å². The van der Waals surface area contributed by atoms with Crippen molar-refractivity contribution in [2.24, 2.45) is 0 Å². The lowest BCUT2D eigenvalue weighted by atomic mass is 9.98. The molecule has 2 unspecified atom stereocenters. The van der Waals surface area contributed by atoms with Gasteiger partial charge in [-0.05, 0) is 50.8 Å². The molecule has 2 rings (SSSR count). The van der Waals surface area contributed by atoms with E-state index in [1.807, 2.05) is 19.1 Å². The van der Waals surface area contributed by atoms with Crippen molar-refractivity contribution < 1.29 is 10.2 Å². The molecule has 0 saturated carbocycles. The van der Waals surface area contributed by atoms with Crippen LogP contribution in [-0.4, -0.2) is 28.9 Å². The molecule has 2 N–H and O–H groups in total. The first-order chi connectivity index (χ1) is 8.48. The zero-order valence-electron chi connectivity index (χ0n) is 11.3. The molecule has 2 atom stereocenters. The fourth-order valence-corrected chi connectivity index (χ4v) is 2.49. The van der Waals surface area contributed by atoms with Crippen LogP contribution in [0.15, 0.2) is 24.3 Å². The first-order valence-electron chi connectivity index (χ1n) is 6.73. The van der Waals surface area contributed by atoms with Crippen LogP contribution >= 0.6 is 0 Å². The minimum Gasteiger partial charge on any atom is -0.390 e. The van der Waals surface area contributed by atoms with Gasteiger partial charge in [-0.3, -0.25) is 0 Å². The monoisotopic (exact) mass is 249 g/mol. The molecule has 0 radical (unpaired) electrons. The molecule has 0 aliphatic carbocycles. The summed E-state index contributed by atoms with van der Waals surface area (Å²) in [5, 5.41) is 19.6. The summed E-state index contributed by atoms with van der Waals surface area (Å²) in [6, 6.07) is 8.07. The number of hydrogen-bond donors (Lipinski definition) is 2. The summed E-state index contributed by atoms with van der Waals surface area (Å²) in [5.41, 5.74) is 1.60. The van der Waals surface area contributed by atoms with E-state index in [2.05, 4.69) is 17.0 Å². The second kappa shape index (κ2) is 5.29. The van der Waals surface area contributed by atoms with Crippen LogP contribution in [0.2, 0.25) is 0 Å². The van der Waals surface area contributed by atoms with Gasteiger partial charge in [-0.25, -0.2) is 0 Å². The van der Waals surface area contributed by atoms with Crippen molar-refractivity contribution in [3.05, 3.63) is 29.8 Å². The van der Waals surface area contributed by atoms with Gasteiger partial charge in [0, 0.05) is 18.8 Å². The maximum absolute atomic E-state index is 10.1. The number of nitrogens with zero attached hydrogens (tertiary/aromatic N) is 1. The zero-order chi connectivity index (χ0) is 13.2. The Morgan fingerprint density at radius 3 is 2.44 bits per heavy atom. The fourth-order valence-electron chi connectivity index (χ4n) is 2.49. The zero-order valence-corrected chi connectivity index (χ0v) is 11.3. The summed E-state index contributed by atoms with van der Waals surface area (Å²) in [5.74, 6) is 0. The van der Waals surface area contributed by atoms with Crippen LogP contribution in [0.4, 0.5) is 5.69 Å². The maximum Gasteiger partial charge on any atom is 0.0761 e. The Kier molecular flexibility index (Phi) is 3.93. The second-order valence-corrected chi connectivity index (χ2v) is 5.61. The lowest BCUT2D eigenvalue weighted by Crippen LogP contribution is -2.28. The van der Waals surface area contributed by atoms with Crippen molar-refractivity contribution in [2.75, 3.05) is 18.0 Å². The van der Waals surface area contributed by atoms with Gasteiger partial charge in [0.15, 0.2) is 0 Å². The Morgan fingerprint density at radius 2 is 1.83 bits per heavy atom. The molecule has 0 bridgehead atoms. The third-order valence-corrected chi connectivity index (χ3v) is 3.80. The van der Waals surface area contributed by atoms with Crippen LogP contribution in [-0.2, 0) is 0 Å². The number of hydrogen-bond acceptors (Lipinski definition) is 3. The van der Waals surface area contributed by atoms with Gasteiger partial charge in [0.1, 0.15) is 0 Å². The minimum absolute atomic E-state index is 0.413. The van der Waals surface area contributed by atoms with E-state index in [0.29, 0.717) is 0 Å². The third-order valence-electron chi connectivity index (χ3n) is 3.80. The second-order valence-electron chi connectivity index (χ2n) is 5.61. The van der Waals surface area contributed by atoms with Crippen LogP contribution in [0.25, 0.3) is 0 Å². The van der Waals surface area contributed by atoms with Gasteiger partial charge in [-0.2, -0.15) is 0 Å². The predicted molar refractivity (Wildman–Crippen MR) is 73.8 cm³/mol. The first kappa shape index (κ1) is 13.4. The van der Waals surface area contributed by atoms with Crippen molar-refractivity contribution in [3.8, 4) is 0 Å². The Bertz CT molecular complexity index is 384. The van der Waals surface area contributed by atoms with E-state index in [1.165, 1.54) is 5.69 Å². The number of anilines is 1. The molecule has 0 amide bonds. The highest BCUT2D eigenvalue weighted by molar-refractivity contribution is 5.48. The highest BCUT2D eigenvalue weighted by atomic mass is 16.3. The molecule has 1 aliphatic heterocycles. The van der Waals surface area contributed by atoms with Gasteiger partial charge >= 0.3 is 0 Å². The van der Waals surface area contributed by atoms with Crippen LogP contribution in [0.3, 0.4) is 0 Å². The van der Waals surface area contributed by atoms with Crippen molar-refractivity contribution in [3.63, 3.8) is 0 Å². The molecular weight excluding hydrogens is 226 g/mol. The van der Waals surface area contributed by atoms with Gasteiger partial charge < -0.3 is 15.1 Å². The van der Waals surface area contributed by atoms with Crippen molar-refractivity contribution >= 4 is 5.69 Å². The van der Waals surface area contributed by atoms with Gasteiger partial charge in [0.25, 0.3) is 0 Å². The SMILES string of the molecule is CC(O)c1ccc(N2CCCC(C)(O)CC2)cc1. The molecule has 100 valence electrons. The molecule has 0 aromatic heterocycles. The molecular formula is C15H23NO2. The number of aliphatic hydroxyl groups is 2. The first-order valence-corrected chi connectivity index (χ1v) is 6.73. The van der Waals surface area contributed by atoms with E-state index in [4.69, 9.17) is 0 Å². The average molecular weight is 249 g/mol. The molecule has 3 heteroatoms. The highest BCUT2D eigenvalue weighted by Crippen LogP contribution is 2.26. The van der Waals surface area contributed by atoms with Gasteiger partial charge in [0.05, 0.1) is 11.7 Å².